The van der Waals surface area contributed by atoms with E-state index in [1.54, 1.807) is 17.3 Å². The van der Waals surface area contributed by atoms with Crippen molar-refractivity contribution in [2.24, 2.45) is 5.92 Å². The smallest absolute Gasteiger partial charge is 0.326 e. The molecule has 3 fully saturated rings. The first-order chi connectivity index (χ1) is 18.5. The van der Waals surface area contributed by atoms with Gasteiger partial charge in [-0.25, -0.2) is 4.79 Å². The summed E-state index contributed by atoms with van der Waals surface area (Å²) in [6.45, 7) is 4.26. The Hall–Kier alpha value is -3.63. The van der Waals surface area contributed by atoms with Crippen molar-refractivity contribution in [1.29, 1.82) is 0 Å². The average Bonchev–Trinajstić information content (AvgIpc) is 3.54. The van der Waals surface area contributed by atoms with Crippen LogP contribution >= 0.6 is 11.8 Å². The van der Waals surface area contributed by atoms with E-state index in [1.807, 2.05) is 36.4 Å². The number of nitrogens with zero attached hydrogens (tertiary/aromatic N) is 2. The van der Waals surface area contributed by atoms with Gasteiger partial charge in [0.05, 0.1) is 28.2 Å². The van der Waals surface area contributed by atoms with Crippen LogP contribution in [0.4, 0.5) is 10.5 Å². The highest BCUT2D eigenvalue weighted by molar-refractivity contribution is 8.04. The van der Waals surface area contributed by atoms with E-state index in [4.69, 9.17) is 0 Å². The molecular formula is C28H30N6O3S. The van der Waals surface area contributed by atoms with E-state index in [9.17, 15) is 14.4 Å². The molecule has 1 aliphatic carbocycles. The van der Waals surface area contributed by atoms with E-state index in [0.717, 1.165) is 49.0 Å². The lowest BCUT2D eigenvalue weighted by Gasteiger charge is -2.45. The first-order valence-electron chi connectivity index (χ1n) is 13.0. The number of carbonyl (C=O) groups excluding carboxylic acids is 3. The van der Waals surface area contributed by atoms with Crippen molar-refractivity contribution in [1.82, 2.24) is 26.3 Å². The van der Waals surface area contributed by atoms with Crippen LogP contribution in [0.15, 0.2) is 72.0 Å². The van der Waals surface area contributed by atoms with E-state index in [0.29, 0.717) is 10.6 Å². The number of piperidine rings is 1. The van der Waals surface area contributed by atoms with Crippen LogP contribution in [0.2, 0.25) is 0 Å². The molecule has 4 aliphatic rings. The van der Waals surface area contributed by atoms with E-state index < -0.39 is 0 Å². The van der Waals surface area contributed by atoms with Gasteiger partial charge in [-0.3, -0.25) is 19.5 Å². The SMILES string of the molecule is C=CC(=O)N[C@H]1CCC[C@H]1NC(=O)C1=C2NC(=O)N(c3cncc(-c4ccccc4)c3)C3CCNC(S1)C23. The molecule has 4 heterocycles. The Kier molecular flexibility index (Phi) is 6.67. The lowest BCUT2D eigenvalue weighted by molar-refractivity contribution is -0.119. The fourth-order valence-corrected chi connectivity index (χ4v) is 7.45. The number of aromatic nitrogens is 1. The maximum absolute atomic E-state index is 13.5. The normalized spacial score (nSPS) is 27.9. The molecule has 3 unspecified atom stereocenters. The highest BCUT2D eigenvalue weighted by atomic mass is 32.2. The summed E-state index contributed by atoms with van der Waals surface area (Å²) in [5.74, 6) is -0.490. The number of rotatable bonds is 6. The summed E-state index contributed by atoms with van der Waals surface area (Å²) in [4.78, 5) is 45.6. The Morgan fingerprint density at radius 1 is 1.08 bits per heavy atom. The van der Waals surface area contributed by atoms with Gasteiger partial charge in [0.25, 0.3) is 5.91 Å². The van der Waals surface area contributed by atoms with Crippen LogP contribution < -0.4 is 26.2 Å². The van der Waals surface area contributed by atoms with E-state index >= 15 is 0 Å². The van der Waals surface area contributed by atoms with E-state index in [-0.39, 0.29) is 47.3 Å². The van der Waals surface area contributed by atoms with Crippen LogP contribution in [0.25, 0.3) is 11.1 Å². The van der Waals surface area contributed by atoms with Crippen LogP contribution in [0, 0.1) is 5.92 Å². The summed E-state index contributed by atoms with van der Waals surface area (Å²) in [5.41, 5.74) is 3.40. The van der Waals surface area contributed by atoms with Crippen LogP contribution in [0.3, 0.4) is 0 Å². The molecule has 4 N–H and O–H groups in total. The van der Waals surface area contributed by atoms with Crippen molar-refractivity contribution >= 4 is 35.3 Å². The summed E-state index contributed by atoms with van der Waals surface area (Å²) in [6.07, 6.45) is 8.06. The number of pyridine rings is 1. The van der Waals surface area contributed by atoms with Gasteiger partial charge in [0, 0.05) is 35.5 Å². The molecule has 3 aliphatic heterocycles. The summed E-state index contributed by atoms with van der Waals surface area (Å²) in [7, 11) is 0. The van der Waals surface area contributed by atoms with Crippen molar-refractivity contribution in [3.63, 3.8) is 0 Å². The molecule has 38 heavy (non-hydrogen) atoms. The number of urea groups is 1. The summed E-state index contributed by atoms with van der Waals surface area (Å²) < 4.78 is 0. The monoisotopic (exact) mass is 530 g/mol. The average molecular weight is 531 g/mol. The minimum absolute atomic E-state index is 0.0160. The van der Waals surface area contributed by atoms with Gasteiger partial charge in [-0.15, -0.1) is 0 Å². The fourth-order valence-electron chi connectivity index (χ4n) is 6.05. The predicted molar refractivity (Wildman–Crippen MR) is 147 cm³/mol. The molecular weight excluding hydrogens is 500 g/mol. The van der Waals surface area contributed by atoms with Gasteiger partial charge in [-0.1, -0.05) is 48.7 Å². The third-order valence-corrected chi connectivity index (χ3v) is 9.16. The van der Waals surface area contributed by atoms with Crippen LogP contribution in [0.1, 0.15) is 25.7 Å². The van der Waals surface area contributed by atoms with Gasteiger partial charge in [0.2, 0.25) is 5.91 Å². The Morgan fingerprint density at radius 3 is 2.66 bits per heavy atom. The van der Waals surface area contributed by atoms with Gasteiger partial charge < -0.3 is 21.3 Å². The largest absolute Gasteiger partial charge is 0.348 e. The Bertz CT molecular complexity index is 1310. The molecule has 5 atom stereocenters. The Balaban J connectivity index is 1.26. The zero-order chi connectivity index (χ0) is 26.2. The Morgan fingerprint density at radius 2 is 1.87 bits per heavy atom. The molecule has 9 nitrogen and oxygen atoms in total. The number of nitrogens with one attached hydrogen (secondary N) is 4. The molecule has 0 radical (unpaired) electrons. The van der Waals surface area contributed by atoms with Crippen molar-refractivity contribution in [3.8, 4) is 11.1 Å². The molecule has 0 spiro atoms. The molecule has 4 amide bonds. The second kappa shape index (κ2) is 10.3. The minimum atomic E-state index is -0.251. The third-order valence-electron chi connectivity index (χ3n) is 7.80. The number of anilines is 1. The number of hydrogen-bond acceptors (Lipinski definition) is 6. The molecule has 1 aromatic carbocycles. The topological polar surface area (TPSA) is 115 Å². The number of carbonyl (C=O) groups is 3. The van der Waals surface area contributed by atoms with E-state index in [2.05, 4.69) is 32.8 Å². The zero-order valence-corrected chi connectivity index (χ0v) is 21.7. The zero-order valence-electron chi connectivity index (χ0n) is 20.9. The van der Waals surface area contributed by atoms with Crippen LogP contribution in [-0.4, -0.2) is 52.9 Å². The molecule has 196 valence electrons. The van der Waals surface area contributed by atoms with Crippen molar-refractivity contribution < 1.29 is 14.4 Å². The third kappa shape index (κ3) is 4.48. The number of thioether (sulfide) groups is 1. The summed E-state index contributed by atoms with van der Waals surface area (Å²) >= 11 is 1.48. The van der Waals surface area contributed by atoms with Crippen molar-refractivity contribution in [2.75, 3.05) is 11.4 Å². The van der Waals surface area contributed by atoms with E-state index in [1.165, 1.54) is 17.8 Å². The number of amides is 4. The highest BCUT2D eigenvalue weighted by Crippen LogP contribution is 2.48. The lowest BCUT2D eigenvalue weighted by Crippen LogP contribution is -2.62. The second-order valence-corrected chi connectivity index (χ2v) is 11.2. The van der Waals surface area contributed by atoms with Crippen LogP contribution in [-0.2, 0) is 9.59 Å². The molecule has 1 aromatic heterocycles. The van der Waals surface area contributed by atoms with Gasteiger partial charge in [-0.2, -0.15) is 0 Å². The molecule has 0 bridgehead atoms. The molecule has 1 saturated carbocycles. The fraction of sp³-hybridized carbons (Fsp3) is 0.357. The first-order valence-corrected chi connectivity index (χ1v) is 13.9. The Labute approximate surface area is 225 Å². The maximum Gasteiger partial charge on any atom is 0.326 e. The summed E-state index contributed by atoms with van der Waals surface area (Å²) in [6, 6.07) is 11.3. The lowest BCUT2D eigenvalue weighted by atomic mass is 9.86. The van der Waals surface area contributed by atoms with Gasteiger partial charge in [0.15, 0.2) is 0 Å². The van der Waals surface area contributed by atoms with Gasteiger partial charge in [-0.05, 0) is 49.9 Å². The van der Waals surface area contributed by atoms with Gasteiger partial charge >= 0.3 is 6.03 Å². The van der Waals surface area contributed by atoms with Crippen molar-refractivity contribution in [3.05, 3.63) is 72.0 Å². The molecule has 2 aromatic rings. The highest BCUT2D eigenvalue weighted by Gasteiger charge is 2.52. The standard InChI is InChI=1S/C28H30N6O3S/c1-2-22(35)31-19-9-6-10-20(19)32-26(36)25-24-23-21(11-12-30-27(23)38-25)34(28(37)33-24)18-13-17(14-29-15-18)16-7-4-3-5-8-16/h2-5,7-8,13-15,19-21,23,27,30H,1,6,9-12H2,(H,31,35)(H,32,36)(H,33,37)/t19-,20+,21?,23?,27?/m0/s1. The van der Waals surface area contributed by atoms with Crippen LogP contribution in [0.5, 0.6) is 0 Å². The maximum atomic E-state index is 13.5. The predicted octanol–water partition coefficient (Wildman–Crippen LogP) is 2.88. The van der Waals surface area contributed by atoms with Gasteiger partial charge in [0.1, 0.15) is 0 Å². The molecule has 6 rings (SSSR count). The summed E-state index contributed by atoms with van der Waals surface area (Å²) in [5, 5.41) is 12.6. The number of benzene rings is 1. The second-order valence-electron chi connectivity index (χ2n) is 10.0. The first kappa shape index (κ1) is 24.7. The number of hydrogen-bond donors (Lipinski definition) is 4. The minimum Gasteiger partial charge on any atom is -0.348 e. The molecule has 10 heteroatoms. The van der Waals surface area contributed by atoms with Crippen molar-refractivity contribution in [2.45, 2.75) is 49.2 Å². The quantitative estimate of drug-likeness (QED) is 0.427. The molecule has 2 saturated heterocycles.